The fourth-order valence-electron chi connectivity index (χ4n) is 3.13. The molecule has 1 aromatic heterocycles. The Labute approximate surface area is 157 Å². The third kappa shape index (κ3) is 7.05. The summed E-state index contributed by atoms with van der Waals surface area (Å²) in [6.45, 7) is 4.80. The molecule has 0 unspecified atom stereocenters. The van der Waals surface area contributed by atoms with Crippen molar-refractivity contribution in [3.8, 4) is 0 Å². The highest BCUT2D eigenvalue weighted by atomic mass is 127. The Balaban J connectivity index is 0.00000264. The number of nitrogens with zero attached hydrogens (tertiary/aromatic N) is 4. The molecule has 1 saturated carbocycles. The Hall–Kier alpha value is -0.860. The van der Waals surface area contributed by atoms with Crippen molar-refractivity contribution in [1.29, 1.82) is 0 Å². The van der Waals surface area contributed by atoms with E-state index in [1.165, 1.54) is 38.5 Å². The van der Waals surface area contributed by atoms with Crippen molar-refractivity contribution in [2.75, 3.05) is 20.1 Å². The number of hydrogen-bond donors (Lipinski definition) is 2. The lowest BCUT2D eigenvalue weighted by Crippen LogP contribution is -2.39. The maximum absolute atomic E-state index is 4.29. The zero-order valence-electron chi connectivity index (χ0n) is 14.4. The Kier molecular flexibility index (Phi) is 10.2. The molecular weight excluding hydrogens is 403 g/mol. The van der Waals surface area contributed by atoms with Crippen molar-refractivity contribution in [2.24, 2.45) is 10.9 Å². The van der Waals surface area contributed by atoms with Crippen molar-refractivity contribution in [3.63, 3.8) is 0 Å². The molecule has 23 heavy (non-hydrogen) atoms. The van der Waals surface area contributed by atoms with Gasteiger partial charge >= 0.3 is 0 Å². The molecule has 132 valence electrons. The highest BCUT2D eigenvalue weighted by molar-refractivity contribution is 14.0. The quantitative estimate of drug-likeness (QED) is 0.393. The molecule has 0 aliphatic heterocycles. The lowest BCUT2D eigenvalue weighted by molar-refractivity contribution is 0.339. The minimum atomic E-state index is 0. The van der Waals surface area contributed by atoms with Crippen LogP contribution in [0.3, 0.4) is 0 Å². The zero-order valence-corrected chi connectivity index (χ0v) is 16.8. The SMILES string of the molecule is CCc1nncn1CCNC(=NC)NCCC1CCCCC1.I. The Morgan fingerprint density at radius 3 is 2.70 bits per heavy atom. The molecule has 0 atom stereocenters. The van der Waals surface area contributed by atoms with E-state index in [2.05, 4.69) is 37.3 Å². The molecule has 2 rings (SSSR count). The Morgan fingerprint density at radius 2 is 2.00 bits per heavy atom. The van der Waals surface area contributed by atoms with Crippen molar-refractivity contribution in [2.45, 2.75) is 58.4 Å². The average molecular weight is 434 g/mol. The minimum Gasteiger partial charge on any atom is -0.356 e. The second kappa shape index (κ2) is 11.6. The van der Waals surface area contributed by atoms with Crippen molar-refractivity contribution < 1.29 is 0 Å². The van der Waals surface area contributed by atoms with Gasteiger partial charge in [-0.05, 0) is 12.3 Å². The van der Waals surface area contributed by atoms with Crippen LogP contribution < -0.4 is 10.6 Å². The number of aromatic nitrogens is 3. The first-order valence-corrected chi connectivity index (χ1v) is 8.64. The van der Waals surface area contributed by atoms with Gasteiger partial charge in [0.25, 0.3) is 0 Å². The third-order valence-electron chi connectivity index (χ3n) is 4.45. The molecule has 6 nitrogen and oxygen atoms in total. The van der Waals surface area contributed by atoms with Crippen LogP contribution in [0.1, 0.15) is 51.3 Å². The predicted octanol–water partition coefficient (Wildman–Crippen LogP) is 2.59. The fourth-order valence-corrected chi connectivity index (χ4v) is 3.13. The minimum absolute atomic E-state index is 0. The topological polar surface area (TPSA) is 67.1 Å². The molecule has 7 heteroatoms. The maximum atomic E-state index is 4.29. The summed E-state index contributed by atoms with van der Waals surface area (Å²) in [5.74, 6) is 2.83. The number of aryl methyl sites for hydroxylation is 1. The molecule has 0 radical (unpaired) electrons. The summed E-state index contributed by atoms with van der Waals surface area (Å²) >= 11 is 0. The fraction of sp³-hybridized carbons (Fsp3) is 0.812. The number of halogens is 1. The van der Waals surface area contributed by atoms with Gasteiger partial charge in [0.1, 0.15) is 12.2 Å². The van der Waals surface area contributed by atoms with Crippen LogP contribution in [-0.2, 0) is 13.0 Å². The van der Waals surface area contributed by atoms with Crippen LogP contribution in [0.25, 0.3) is 0 Å². The summed E-state index contributed by atoms with van der Waals surface area (Å²) in [5.41, 5.74) is 0. The average Bonchev–Trinajstić information content (AvgIpc) is 3.02. The van der Waals surface area contributed by atoms with Crippen molar-refractivity contribution >= 4 is 29.9 Å². The number of aliphatic imine (C=N–C) groups is 1. The van der Waals surface area contributed by atoms with Crippen LogP contribution in [-0.4, -0.2) is 40.9 Å². The van der Waals surface area contributed by atoms with Crippen LogP contribution in [0.15, 0.2) is 11.3 Å². The van der Waals surface area contributed by atoms with Gasteiger partial charge in [0.2, 0.25) is 0 Å². The van der Waals surface area contributed by atoms with Crippen LogP contribution in [0.5, 0.6) is 0 Å². The van der Waals surface area contributed by atoms with E-state index < -0.39 is 0 Å². The predicted molar refractivity (Wildman–Crippen MR) is 105 cm³/mol. The van der Waals surface area contributed by atoms with Gasteiger partial charge in [0.05, 0.1) is 0 Å². The molecule has 0 amide bonds. The van der Waals surface area contributed by atoms with Crippen molar-refractivity contribution in [3.05, 3.63) is 12.2 Å². The zero-order chi connectivity index (χ0) is 15.6. The summed E-state index contributed by atoms with van der Waals surface area (Å²) in [4.78, 5) is 4.29. The normalized spacial score (nSPS) is 16.0. The lowest BCUT2D eigenvalue weighted by Gasteiger charge is -2.22. The first-order chi connectivity index (χ1) is 10.8. The largest absolute Gasteiger partial charge is 0.356 e. The molecule has 2 N–H and O–H groups in total. The third-order valence-corrected chi connectivity index (χ3v) is 4.45. The van der Waals surface area contributed by atoms with Gasteiger partial charge in [-0.3, -0.25) is 4.99 Å². The lowest BCUT2D eigenvalue weighted by atomic mass is 9.87. The molecule has 0 aromatic carbocycles. The number of rotatable bonds is 7. The van der Waals surface area contributed by atoms with Gasteiger partial charge in [-0.2, -0.15) is 0 Å². The van der Waals surface area contributed by atoms with E-state index in [1.807, 2.05) is 7.05 Å². The van der Waals surface area contributed by atoms with Gasteiger partial charge in [-0.15, -0.1) is 34.2 Å². The summed E-state index contributed by atoms with van der Waals surface area (Å²) in [5, 5.41) is 14.8. The highest BCUT2D eigenvalue weighted by Crippen LogP contribution is 2.25. The van der Waals surface area contributed by atoms with E-state index in [9.17, 15) is 0 Å². The van der Waals surface area contributed by atoms with Crippen LogP contribution >= 0.6 is 24.0 Å². The smallest absolute Gasteiger partial charge is 0.191 e. The molecule has 0 bridgehead atoms. The van der Waals surface area contributed by atoms with Gasteiger partial charge < -0.3 is 15.2 Å². The molecular formula is C16H31IN6. The monoisotopic (exact) mass is 434 g/mol. The summed E-state index contributed by atoms with van der Waals surface area (Å²) < 4.78 is 2.09. The molecule has 1 aliphatic rings. The van der Waals surface area contributed by atoms with E-state index in [0.717, 1.165) is 43.8 Å². The van der Waals surface area contributed by atoms with E-state index >= 15 is 0 Å². The number of hydrogen-bond acceptors (Lipinski definition) is 3. The van der Waals surface area contributed by atoms with E-state index in [-0.39, 0.29) is 24.0 Å². The Bertz CT molecular complexity index is 453. The summed E-state index contributed by atoms with van der Waals surface area (Å²) in [7, 11) is 1.83. The molecule has 0 spiro atoms. The molecule has 1 aliphatic carbocycles. The standard InChI is InChI=1S/C16H30N6.HI/c1-3-15-21-20-13-22(15)12-11-19-16(17-2)18-10-9-14-7-5-4-6-8-14;/h13-14H,3-12H2,1-2H3,(H2,17,18,19);1H. The van der Waals surface area contributed by atoms with Crippen LogP contribution in [0, 0.1) is 5.92 Å². The van der Waals surface area contributed by atoms with E-state index in [1.54, 1.807) is 6.33 Å². The first kappa shape index (κ1) is 20.2. The van der Waals surface area contributed by atoms with Gasteiger partial charge in [-0.1, -0.05) is 39.0 Å². The van der Waals surface area contributed by atoms with Crippen LogP contribution in [0.4, 0.5) is 0 Å². The first-order valence-electron chi connectivity index (χ1n) is 8.64. The molecule has 1 fully saturated rings. The van der Waals surface area contributed by atoms with E-state index in [4.69, 9.17) is 0 Å². The summed E-state index contributed by atoms with van der Waals surface area (Å²) in [6, 6.07) is 0. The van der Waals surface area contributed by atoms with Gasteiger partial charge in [0, 0.05) is 33.1 Å². The highest BCUT2D eigenvalue weighted by Gasteiger charge is 2.12. The number of nitrogens with one attached hydrogen (secondary N) is 2. The van der Waals surface area contributed by atoms with Gasteiger partial charge in [0.15, 0.2) is 5.96 Å². The second-order valence-electron chi connectivity index (χ2n) is 6.01. The second-order valence-corrected chi connectivity index (χ2v) is 6.01. The number of guanidine groups is 1. The van der Waals surface area contributed by atoms with Crippen LogP contribution in [0.2, 0.25) is 0 Å². The summed E-state index contributed by atoms with van der Waals surface area (Å²) in [6.07, 6.45) is 11.0. The molecule has 1 aromatic rings. The van der Waals surface area contributed by atoms with Gasteiger partial charge in [-0.25, -0.2) is 0 Å². The molecule has 1 heterocycles. The van der Waals surface area contributed by atoms with Crippen molar-refractivity contribution in [1.82, 2.24) is 25.4 Å². The maximum Gasteiger partial charge on any atom is 0.191 e. The van der Waals surface area contributed by atoms with E-state index in [0.29, 0.717) is 0 Å². The Morgan fingerprint density at radius 1 is 1.26 bits per heavy atom. The molecule has 0 saturated heterocycles.